The summed E-state index contributed by atoms with van der Waals surface area (Å²) in [5.74, 6) is 0.0313. The third-order valence-electron chi connectivity index (χ3n) is 5.25. The molecule has 0 fully saturated rings. The first-order chi connectivity index (χ1) is 15.9. The SMILES string of the molecule is CNC(=O)C(Cc1ccccc1)N(Cc1cccc(Br)c1)C(=O)COc1ccc(Cl)c(C)c1. The number of ether oxygens (including phenoxy) is 1. The summed E-state index contributed by atoms with van der Waals surface area (Å²) in [4.78, 5) is 27.9. The van der Waals surface area contributed by atoms with Crippen LogP contribution in [0.15, 0.2) is 77.3 Å². The second-order valence-electron chi connectivity index (χ2n) is 7.67. The van der Waals surface area contributed by atoms with Crippen LogP contribution in [-0.2, 0) is 22.6 Å². The van der Waals surface area contributed by atoms with Gasteiger partial charge in [0.15, 0.2) is 6.61 Å². The first-order valence-corrected chi connectivity index (χ1v) is 11.7. The number of benzene rings is 3. The molecule has 0 spiro atoms. The molecule has 0 saturated heterocycles. The van der Waals surface area contributed by atoms with Crippen molar-refractivity contribution in [3.63, 3.8) is 0 Å². The topological polar surface area (TPSA) is 58.6 Å². The molecule has 1 N–H and O–H groups in total. The number of amides is 2. The van der Waals surface area contributed by atoms with Crippen LogP contribution in [0.25, 0.3) is 0 Å². The van der Waals surface area contributed by atoms with Crippen molar-refractivity contribution in [2.45, 2.75) is 25.9 Å². The Morgan fingerprint density at radius 2 is 1.76 bits per heavy atom. The van der Waals surface area contributed by atoms with E-state index in [2.05, 4.69) is 21.2 Å². The highest BCUT2D eigenvalue weighted by molar-refractivity contribution is 9.10. The zero-order chi connectivity index (χ0) is 23.8. The molecule has 0 saturated carbocycles. The normalized spacial score (nSPS) is 11.5. The first kappa shape index (κ1) is 24.8. The zero-order valence-electron chi connectivity index (χ0n) is 18.6. The molecule has 2 amide bonds. The fourth-order valence-corrected chi connectivity index (χ4v) is 4.05. The third-order valence-corrected chi connectivity index (χ3v) is 6.17. The van der Waals surface area contributed by atoms with Gasteiger partial charge in [0.2, 0.25) is 5.91 Å². The van der Waals surface area contributed by atoms with Gasteiger partial charge in [0, 0.05) is 29.5 Å². The molecule has 3 aromatic carbocycles. The van der Waals surface area contributed by atoms with E-state index in [4.69, 9.17) is 16.3 Å². The average molecular weight is 530 g/mol. The predicted molar refractivity (Wildman–Crippen MR) is 134 cm³/mol. The molecule has 0 radical (unpaired) electrons. The van der Waals surface area contributed by atoms with Crippen LogP contribution in [-0.4, -0.2) is 36.4 Å². The first-order valence-electron chi connectivity index (χ1n) is 10.6. The van der Waals surface area contributed by atoms with Gasteiger partial charge < -0.3 is 15.0 Å². The van der Waals surface area contributed by atoms with Crippen molar-refractivity contribution in [1.29, 1.82) is 0 Å². The summed E-state index contributed by atoms with van der Waals surface area (Å²) in [7, 11) is 1.58. The van der Waals surface area contributed by atoms with Crippen LogP contribution in [0.3, 0.4) is 0 Å². The molecule has 0 bridgehead atoms. The van der Waals surface area contributed by atoms with Crippen molar-refractivity contribution in [2.24, 2.45) is 0 Å². The summed E-state index contributed by atoms with van der Waals surface area (Å²) in [6.07, 6.45) is 0.389. The molecule has 172 valence electrons. The van der Waals surface area contributed by atoms with Crippen LogP contribution in [0.4, 0.5) is 0 Å². The maximum atomic E-state index is 13.4. The number of carbonyl (C=O) groups excluding carboxylic acids is 2. The Balaban J connectivity index is 1.87. The van der Waals surface area contributed by atoms with Gasteiger partial charge in [-0.15, -0.1) is 0 Å². The van der Waals surface area contributed by atoms with Gasteiger partial charge in [0.1, 0.15) is 11.8 Å². The van der Waals surface area contributed by atoms with Crippen LogP contribution in [0.5, 0.6) is 5.75 Å². The lowest BCUT2D eigenvalue weighted by atomic mass is 10.0. The molecule has 0 aliphatic rings. The summed E-state index contributed by atoms with van der Waals surface area (Å²) in [6.45, 7) is 1.95. The highest BCUT2D eigenvalue weighted by atomic mass is 79.9. The fraction of sp³-hybridized carbons (Fsp3) is 0.231. The molecule has 5 nitrogen and oxygen atoms in total. The quantitative estimate of drug-likeness (QED) is 0.416. The molecular weight excluding hydrogens is 504 g/mol. The Bertz CT molecular complexity index is 1110. The Labute approximate surface area is 207 Å². The van der Waals surface area contributed by atoms with Gasteiger partial charge in [-0.1, -0.05) is 70.0 Å². The lowest BCUT2D eigenvalue weighted by Crippen LogP contribution is -2.51. The maximum absolute atomic E-state index is 13.4. The predicted octanol–water partition coefficient (Wildman–Crippen LogP) is 5.18. The third kappa shape index (κ3) is 7.07. The molecule has 1 atom stereocenters. The number of nitrogens with one attached hydrogen (secondary N) is 1. The van der Waals surface area contributed by atoms with Crippen molar-refractivity contribution in [3.05, 3.63) is 99.0 Å². The minimum Gasteiger partial charge on any atom is -0.484 e. The molecule has 0 aliphatic carbocycles. The molecule has 0 heterocycles. The summed E-state index contributed by atoms with van der Waals surface area (Å²) < 4.78 is 6.67. The van der Waals surface area contributed by atoms with E-state index in [1.807, 2.05) is 61.5 Å². The summed E-state index contributed by atoms with van der Waals surface area (Å²) in [5.41, 5.74) is 2.73. The highest BCUT2D eigenvalue weighted by Gasteiger charge is 2.30. The van der Waals surface area contributed by atoms with Crippen LogP contribution in [0.1, 0.15) is 16.7 Å². The number of aryl methyl sites for hydroxylation is 1. The number of likely N-dealkylation sites (N-methyl/N-ethyl adjacent to an activating group) is 1. The number of rotatable bonds is 9. The van der Waals surface area contributed by atoms with Crippen LogP contribution in [0.2, 0.25) is 5.02 Å². The van der Waals surface area contributed by atoms with Crippen molar-refractivity contribution >= 4 is 39.3 Å². The largest absolute Gasteiger partial charge is 0.484 e. The second-order valence-corrected chi connectivity index (χ2v) is 8.99. The van der Waals surface area contributed by atoms with Crippen molar-refractivity contribution in [3.8, 4) is 5.75 Å². The van der Waals surface area contributed by atoms with E-state index in [0.29, 0.717) is 17.2 Å². The Kier molecular flexibility index (Phi) is 8.92. The Hall–Kier alpha value is -2.83. The zero-order valence-corrected chi connectivity index (χ0v) is 20.9. The van der Waals surface area contributed by atoms with Crippen LogP contribution < -0.4 is 10.1 Å². The second kappa shape index (κ2) is 11.9. The molecule has 0 aliphatic heterocycles. The Morgan fingerprint density at radius 1 is 1.03 bits per heavy atom. The maximum Gasteiger partial charge on any atom is 0.261 e. The molecule has 3 rings (SSSR count). The number of carbonyl (C=O) groups is 2. The minimum atomic E-state index is -0.695. The van der Waals surface area contributed by atoms with E-state index in [1.54, 1.807) is 30.1 Å². The lowest BCUT2D eigenvalue weighted by molar-refractivity contribution is -0.142. The Morgan fingerprint density at radius 3 is 2.42 bits per heavy atom. The van der Waals surface area contributed by atoms with Gasteiger partial charge in [-0.2, -0.15) is 0 Å². The van der Waals surface area contributed by atoms with E-state index in [-0.39, 0.29) is 25.0 Å². The van der Waals surface area contributed by atoms with Crippen molar-refractivity contribution in [2.75, 3.05) is 13.7 Å². The standard InChI is InChI=1S/C26H26BrClN2O3/c1-18-13-22(11-12-23(18)28)33-17-25(31)30(16-20-9-6-10-21(27)14-20)24(26(32)29-2)15-19-7-4-3-5-8-19/h3-14,24H,15-17H2,1-2H3,(H,29,32). The molecule has 33 heavy (non-hydrogen) atoms. The van der Waals surface area contributed by atoms with Gasteiger partial charge in [0.25, 0.3) is 5.91 Å². The van der Waals surface area contributed by atoms with Gasteiger partial charge in [-0.25, -0.2) is 0 Å². The smallest absolute Gasteiger partial charge is 0.261 e. The van der Waals surface area contributed by atoms with Crippen LogP contribution in [0, 0.1) is 6.92 Å². The van der Waals surface area contributed by atoms with Crippen molar-refractivity contribution in [1.82, 2.24) is 10.2 Å². The molecule has 0 aromatic heterocycles. The van der Waals surface area contributed by atoms with Gasteiger partial charge in [-0.3, -0.25) is 9.59 Å². The van der Waals surface area contributed by atoms with Crippen LogP contribution >= 0.6 is 27.5 Å². The fourth-order valence-electron chi connectivity index (χ4n) is 3.49. The summed E-state index contributed by atoms with van der Waals surface area (Å²) in [5, 5.41) is 3.34. The van der Waals surface area contributed by atoms with E-state index < -0.39 is 6.04 Å². The van der Waals surface area contributed by atoms with Gasteiger partial charge in [0.05, 0.1) is 0 Å². The summed E-state index contributed by atoms with van der Waals surface area (Å²) in [6, 6.07) is 21.9. The van der Waals surface area contributed by atoms with Gasteiger partial charge >= 0.3 is 0 Å². The number of nitrogens with zero attached hydrogens (tertiary/aromatic N) is 1. The molecular formula is C26H26BrClN2O3. The number of hydrogen-bond donors (Lipinski definition) is 1. The van der Waals surface area contributed by atoms with Gasteiger partial charge in [-0.05, 0) is 53.9 Å². The number of halogens is 2. The lowest BCUT2D eigenvalue weighted by Gasteiger charge is -2.31. The highest BCUT2D eigenvalue weighted by Crippen LogP contribution is 2.22. The van der Waals surface area contributed by atoms with E-state index in [9.17, 15) is 9.59 Å². The van der Waals surface area contributed by atoms with E-state index in [1.165, 1.54) is 0 Å². The molecule has 3 aromatic rings. The minimum absolute atomic E-state index is 0.197. The molecule has 7 heteroatoms. The number of hydrogen-bond acceptors (Lipinski definition) is 3. The van der Waals surface area contributed by atoms with E-state index in [0.717, 1.165) is 21.2 Å². The van der Waals surface area contributed by atoms with Crippen molar-refractivity contribution < 1.29 is 14.3 Å². The monoisotopic (exact) mass is 528 g/mol. The summed E-state index contributed by atoms with van der Waals surface area (Å²) >= 11 is 9.57. The molecule has 1 unspecified atom stereocenters. The van der Waals surface area contributed by atoms with E-state index >= 15 is 0 Å². The average Bonchev–Trinajstić information content (AvgIpc) is 2.82.